The third-order valence-electron chi connectivity index (χ3n) is 5.48. The van der Waals surface area contributed by atoms with Gasteiger partial charge in [-0.1, -0.05) is 30.3 Å². The quantitative estimate of drug-likeness (QED) is 0.391. The molecule has 0 saturated carbocycles. The van der Waals surface area contributed by atoms with Gasteiger partial charge < -0.3 is 9.47 Å². The summed E-state index contributed by atoms with van der Waals surface area (Å²) in [6.07, 6.45) is 4.81. The summed E-state index contributed by atoms with van der Waals surface area (Å²) in [4.78, 5) is 33.0. The van der Waals surface area contributed by atoms with E-state index in [1.54, 1.807) is 14.0 Å². The van der Waals surface area contributed by atoms with E-state index >= 15 is 0 Å². The minimum absolute atomic E-state index is 0.115. The van der Waals surface area contributed by atoms with E-state index in [-0.39, 0.29) is 12.2 Å². The molecular formula is C25H21N4O4+. The molecule has 0 aliphatic carbocycles. The predicted molar refractivity (Wildman–Crippen MR) is 123 cm³/mol. The van der Waals surface area contributed by atoms with Gasteiger partial charge in [0.1, 0.15) is 16.8 Å². The summed E-state index contributed by atoms with van der Waals surface area (Å²) < 4.78 is 13.7. The number of nitrogens with zero attached hydrogens (tertiary/aromatic N) is 3. The molecule has 2 aromatic carbocycles. The van der Waals surface area contributed by atoms with Crippen LogP contribution in [0.5, 0.6) is 5.75 Å². The number of methoxy groups -OCH3 is 1. The van der Waals surface area contributed by atoms with E-state index in [0.29, 0.717) is 5.65 Å². The van der Waals surface area contributed by atoms with Crippen LogP contribution in [0.1, 0.15) is 17.3 Å². The van der Waals surface area contributed by atoms with Gasteiger partial charge in [-0.3, -0.25) is 4.98 Å². The fraction of sp³-hybridized carbons (Fsp3) is 0.120. The Labute approximate surface area is 188 Å². The van der Waals surface area contributed by atoms with Crippen LogP contribution in [0.15, 0.2) is 78.1 Å². The number of carbonyl (C=O) groups is 1. The lowest BCUT2D eigenvalue weighted by Crippen LogP contribution is -2.27. The SMILES string of the molecule is CCOC(=O)c1cnc2c3c(-c4ccc(OC)cc4)cn(-c4ccccc4)c3[nH+]cn2c1=O. The first-order chi connectivity index (χ1) is 16.1. The van der Waals surface area contributed by atoms with Crippen molar-refractivity contribution in [2.45, 2.75) is 6.92 Å². The van der Waals surface area contributed by atoms with Crippen LogP contribution >= 0.6 is 0 Å². The minimum atomic E-state index is -0.693. The Hall–Kier alpha value is -4.46. The normalized spacial score (nSPS) is 11.1. The highest BCUT2D eigenvalue weighted by Gasteiger charge is 2.24. The zero-order valence-electron chi connectivity index (χ0n) is 18.1. The van der Waals surface area contributed by atoms with Crippen LogP contribution in [-0.4, -0.2) is 33.6 Å². The number of aromatic nitrogens is 4. The molecule has 5 rings (SSSR count). The van der Waals surface area contributed by atoms with Gasteiger partial charge in [0.25, 0.3) is 0 Å². The lowest BCUT2D eigenvalue weighted by molar-refractivity contribution is -0.354. The lowest BCUT2D eigenvalue weighted by Gasteiger charge is -2.04. The van der Waals surface area contributed by atoms with Crippen molar-refractivity contribution in [3.8, 4) is 22.6 Å². The number of para-hydroxylation sites is 1. The molecule has 0 unspecified atom stereocenters. The number of esters is 1. The number of hydrogen-bond donors (Lipinski definition) is 0. The molecule has 0 radical (unpaired) electrons. The Morgan fingerprint density at radius 3 is 2.55 bits per heavy atom. The van der Waals surface area contributed by atoms with Crippen molar-refractivity contribution in [2.24, 2.45) is 0 Å². The molecule has 0 aliphatic heterocycles. The second kappa shape index (κ2) is 8.23. The van der Waals surface area contributed by atoms with Crippen molar-refractivity contribution in [2.75, 3.05) is 13.7 Å². The standard InChI is InChI=1S/C25H20N4O4/c1-3-33-25(31)19-13-26-22-21-20(16-9-11-18(32-2)12-10-16)14-28(17-7-5-4-6-8-17)23(21)27-15-29(22)24(19)30/h4-15H,3H2,1-2H3/p+1. The molecular weight excluding hydrogens is 420 g/mol. The topological polar surface area (TPSA) is 89.0 Å². The summed E-state index contributed by atoms with van der Waals surface area (Å²) in [6, 6.07) is 17.6. The summed E-state index contributed by atoms with van der Waals surface area (Å²) in [5.41, 5.74) is 3.35. The summed E-state index contributed by atoms with van der Waals surface area (Å²) >= 11 is 0. The monoisotopic (exact) mass is 441 g/mol. The van der Waals surface area contributed by atoms with Crippen LogP contribution < -0.4 is 15.3 Å². The number of H-pyrrole nitrogens is 1. The Balaban J connectivity index is 1.83. The highest BCUT2D eigenvalue weighted by atomic mass is 16.5. The first-order valence-corrected chi connectivity index (χ1v) is 10.5. The van der Waals surface area contributed by atoms with E-state index in [4.69, 9.17) is 9.47 Å². The van der Waals surface area contributed by atoms with Gasteiger partial charge in [-0.2, -0.15) is 4.40 Å². The Kier molecular flexibility index (Phi) is 5.10. The smallest absolute Gasteiger partial charge is 0.346 e. The molecule has 3 heterocycles. The van der Waals surface area contributed by atoms with Gasteiger partial charge in [0.05, 0.1) is 26.1 Å². The van der Waals surface area contributed by atoms with Crippen molar-refractivity contribution in [1.29, 1.82) is 0 Å². The first-order valence-electron chi connectivity index (χ1n) is 10.5. The van der Waals surface area contributed by atoms with Crippen molar-refractivity contribution in [1.82, 2.24) is 14.0 Å². The fourth-order valence-electron chi connectivity index (χ4n) is 3.90. The van der Waals surface area contributed by atoms with E-state index in [0.717, 1.165) is 33.6 Å². The first kappa shape index (κ1) is 20.4. The second-order valence-corrected chi connectivity index (χ2v) is 7.36. The highest BCUT2D eigenvalue weighted by Crippen LogP contribution is 2.33. The number of ether oxygens (including phenoxy) is 2. The molecule has 0 aliphatic rings. The molecule has 8 heteroatoms. The average Bonchev–Trinajstić information content (AvgIpc) is 3.25. The Morgan fingerprint density at radius 2 is 1.85 bits per heavy atom. The van der Waals surface area contributed by atoms with Gasteiger partial charge >= 0.3 is 11.5 Å². The van der Waals surface area contributed by atoms with Crippen molar-refractivity contribution >= 4 is 22.6 Å². The van der Waals surface area contributed by atoms with Crippen molar-refractivity contribution in [3.63, 3.8) is 0 Å². The van der Waals surface area contributed by atoms with Crippen LogP contribution in [0.2, 0.25) is 0 Å². The molecule has 0 atom stereocenters. The number of fused-ring (bicyclic) bond motifs is 3. The number of benzene rings is 2. The van der Waals surface area contributed by atoms with Crippen molar-refractivity contribution < 1.29 is 19.3 Å². The Morgan fingerprint density at radius 1 is 1.09 bits per heavy atom. The third-order valence-corrected chi connectivity index (χ3v) is 5.48. The maximum Gasteiger partial charge on any atom is 0.346 e. The van der Waals surface area contributed by atoms with E-state index < -0.39 is 11.5 Å². The number of nitrogens with one attached hydrogen (secondary N) is 1. The lowest BCUT2D eigenvalue weighted by atomic mass is 10.1. The molecule has 0 spiro atoms. The van der Waals surface area contributed by atoms with Crippen molar-refractivity contribution in [3.05, 3.63) is 89.2 Å². The maximum absolute atomic E-state index is 13.1. The highest BCUT2D eigenvalue weighted by molar-refractivity contribution is 6.02. The molecule has 0 bridgehead atoms. The van der Waals surface area contributed by atoms with Gasteiger partial charge in [0.2, 0.25) is 11.3 Å². The molecule has 33 heavy (non-hydrogen) atoms. The zero-order chi connectivity index (χ0) is 22.9. The Bertz CT molecular complexity index is 1540. The molecule has 1 N–H and O–H groups in total. The summed E-state index contributed by atoms with van der Waals surface area (Å²) in [7, 11) is 1.62. The molecule has 8 nitrogen and oxygen atoms in total. The van der Waals surface area contributed by atoms with Gasteiger partial charge in [-0.25, -0.2) is 19.1 Å². The summed E-state index contributed by atoms with van der Waals surface area (Å²) in [6.45, 7) is 1.86. The second-order valence-electron chi connectivity index (χ2n) is 7.36. The van der Waals surface area contributed by atoms with Gasteiger partial charge in [-0.15, -0.1) is 0 Å². The number of rotatable bonds is 5. The zero-order valence-corrected chi connectivity index (χ0v) is 18.1. The fourth-order valence-corrected chi connectivity index (χ4v) is 3.90. The van der Waals surface area contributed by atoms with Crippen LogP contribution in [0, 0.1) is 0 Å². The molecule has 5 aromatic rings. The van der Waals surface area contributed by atoms with E-state index in [2.05, 4.69) is 9.97 Å². The third kappa shape index (κ3) is 3.41. The minimum Gasteiger partial charge on any atom is -0.497 e. The molecule has 164 valence electrons. The van der Waals surface area contributed by atoms with Gasteiger partial charge in [-0.05, 0) is 36.8 Å². The van der Waals surface area contributed by atoms with E-state index in [9.17, 15) is 9.59 Å². The maximum atomic E-state index is 13.1. The van der Waals surface area contributed by atoms with E-state index in [1.165, 1.54) is 16.9 Å². The van der Waals surface area contributed by atoms with Crippen LogP contribution in [-0.2, 0) is 4.74 Å². The predicted octanol–water partition coefficient (Wildman–Crippen LogP) is 3.30. The van der Waals surface area contributed by atoms with Crippen LogP contribution in [0.3, 0.4) is 0 Å². The molecule has 0 saturated heterocycles. The molecule has 3 aromatic heterocycles. The van der Waals surface area contributed by atoms with Crippen LogP contribution in [0.4, 0.5) is 0 Å². The van der Waals surface area contributed by atoms with Gasteiger partial charge in [0.15, 0.2) is 11.9 Å². The largest absolute Gasteiger partial charge is 0.497 e. The number of hydrogen-bond acceptors (Lipinski definition) is 5. The molecule has 0 amide bonds. The van der Waals surface area contributed by atoms with Crippen LogP contribution in [0.25, 0.3) is 33.5 Å². The van der Waals surface area contributed by atoms with E-state index in [1.807, 2.05) is 65.4 Å². The summed E-state index contributed by atoms with van der Waals surface area (Å²) in [5, 5.41) is 0.749. The number of aromatic amines is 1. The van der Waals surface area contributed by atoms with Gasteiger partial charge in [0, 0.05) is 5.56 Å². The molecule has 0 fully saturated rings. The number of carbonyl (C=O) groups excluding carboxylic acids is 1. The average molecular weight is 441 g/mol. The summed E-state index contributed by atoms with van der Waals surface area (Å²) in [5.74, 6) is 0.0529.